The maximum atomic E-state index is 11.7. The van der Waals surface area contributed by atoms with Gasteiger partial charge >= 0.3 is 5.97 Å². The summed E-state index contributed by atoms with van der Waals surface area (Å²) in [6, 6.07) is 0.345. The van der Waals surface area contributed by atoms with E-state index in [0.717, 1.165) is 0 Å². The summed E-state index contributed by atoms with van der Waals surface area (Å²) in [5, 5.41) is 6.91. The van der Waals surface area contributed by atoms with Crippen LogP contribution >= 0.6 is 7.37 Å². The fourth-order valence-electron chi connectivity index (χ4n) is 2.65. The first-order valence-electron chi connectivity index (χ1n) is 6.91. The van der Waals surface area contributed by atoms with Gasteiger partial charge in [-0.05, 0) is 34.1 Å². The number of nitrogens with zero attached hydrogens (tertiary/aromatic N) is 2. The van der Waals surface area contributed by atoms with Crippen LogP contribution in [0.2, 0.25) is 0 Å². The van der Waals surface area contributed by atoms with Crippen LogP contribution in [0.4, 0.5) is 0 Å². The molecular formula is C12H25N4O4P. The second-order valence-electron chi connectivity index (χ2n) is 5.89. The Morgan fingerprint density at radius 2 is 1.86 bits per heavy atom. The molecule has 0 aromatic carbocycles. The Hall–Kier alpha value is -1.11. The number of nitrogens with two attached hydrogens (primary N) is 2. The van der Waals surface area contributed by atoms with Crippen LogP contribution in [0.25, 0.3) is 0 Å². The van der Waals surface area contributed by atoms with Crippen molar-refractivity contribution in [3.63, 3.8) is 0 Å². The van der Waals surface area contributed by atoms with E-state index in [1.165, 1.54) is 0 Å². The van der Waals surface area contributed by atoms with Crippen molar-refractivity contribution in [2.24, 2.45) is 16.5 Å². The fraction of sp³-hybridized carbons (Fsp3) is 0.833. The second-order valence-corrected chi connectivity index (χ2v) is 8.50. The lowest BCUT2D eigenvalue weighted by molar-refractivity contribution is -0.138. The van der Waals surface area contributed by atoms with Crippen molar-refractivity contribution in [1.82, 2.24) is 4.90 Å². The number of carboxylic acids is 1. The van der Waals surface area contributed by atoms with Crippen molar-refractivity contribution in [1.29, 1.82) is 0 Å². The highest BCUT2D eigenvalue weighted by molar-refractivity contribution is 7.70. The molecule has 1 saturated heterocycles. The molecule has 0 amide bonds. The Morgan fingerprint density at radius 3 is 2.19 bits per heavy atom. The zero-order valence-corrected chi connectivity index (χ0v) is 13.7. The smallest absolute Gasteiger partial charge is 0.334 e. The average Bonchev–Trinajstić information content (AvgIpc) is 2.74. The van der Waals surface area contributed by atoms with Crippen LogP contribution in [-0.4, -0.2) is 56.4 Å². The van der Waals surface area contributed by atoms with Crippen LogP contribution in [-0.2, 0) is 9.36 Å². The average molecular weight is 320 g/mol. The molecule has 0 aromatic rings. The topological polar surface area (TPSA) is 142 Å². The molecule has 6 N–H and O–H groups in total. The summed E-state index contributed by atoms with van der Waals surface area (Å²) >= 11 is 0. The monoisotopic (exact) mass is 320 g/mol. The van der Waals surface area contributed by atoms with Gasteiger partial charge < -0.3 is 26.4 Å². The standard InChI is InChI=1S/C12H25N4O4P/c1-7(2)16(8(3)4)11(13)15-6-5-9-12(14,10(17)18)21(9,19)20/h7-9H,5-6,14H2,1-4H3,(H2,13,15)(H,17,18)(H,19,20). The second kappa shape index (κ2) is 5.94. The molecule has 0 radical (unpaired) electrons. The third-order valence-corrected chi connectivity index (χ3v) is 6.58. The molecule has 122 valence electrons. The Labute approximate surface area is 124 Å². The van der Waals surface area contributed by atoms with Gasteiger partial charge in [-0.3, -0.25) is 9.56 Å². The number of carboxylic acid groups (broad SMARTS) is 1. The van der Waals surface area contributed by atoms with Gasteiger partial charge in [0, 0.05) is 18.6 Å². The van der Waals surface area contributed by atoms with E-state index in [0.29, 0.717) is 5.96 Å². The third-order valence-electron chi connectivity index (χ3n) is 3.79. The van der Waals surface area contributed by atoms with Crippen molar-refractivity contribution >= 4 is 19.3 Å². The Kier molecular flexibility index (Phi) is 5.08. The van der Waals surface area contributed by atoms with Crippen LogP contribution in [0.3, 0.4) is 0 Å². The van der Waals surface area contributed by atoms with Crippen LogP contribution < -0.4 is 11.5 Å². The summed E-state index contributed by atoms with van der Waals surface area (Å²) in [6.45, 7) is 8.12. The summed E-state index contributed by atoms with van der Waals surface area (Å²) < 4.78 is 11.7. The lowest BCUT2D eigenvalue weighted by Gasteiger charge is -2.31. The van der Waals surface area contributed by atoms with Crippen LogP contribution in [0.5, 0.6) is 0 Å². The number of aliphatic imine (C=N–C) groups is 1. The van der Waals surface area contributed by atoms with Gasteiger partial charge in [-0.15, -0.1) is 0 Å². The predicted octanol–water partition coefficient (Wildman–Crippen LogP) is 0.202. The molecular weight excluding hydrogens is 295 g/mol. The largest absolute Gasteiger partial charge is 0.479 e. The van der Waals surface area contributed by atoms with Gasteiger partial charge in [-0.1, -0.05) is 0 Å². The third kappa shape index (κ3) is 3.07. The van der Waals surface area contributed by atoms with Crippen molar-refractivity contribution in [2.45, 2.75) is 57.1 Å². The lowest BCUT2D eigenvalue weighted by Crippen LogP contribution is -2.46. The lowest BCUT2D eigenvalue weighted by atomic mass is 10.2. The van der Waals surface area contributed by atoms with Gasteiger partial charge in [0.15, 0.2) is 5.96 Å². The molecule has 1 aliphatic rings. The zero-order valence-electron chi connectivity index (χ0n) is 12.9. The Morgan fingerprint density at radius 1 is 1.38 bits per heavy atom. The van der Waals surface area contributed by atoms with Crippen LogP contribution in [0, 0.1) is 0 Å². The van der Waals surface area contributed by atoms with E-state index in [1.807, 2.05) is 32.6 Å². The van der Waals surface area contributed by atoms with Crippen molar-refractivity contribution in [2.75, 3.05) is 6.54 Å². The number of guanidine groups is 1. The number of rotatable bonds is 6. The summed E-state index contributed by atoms with van der Waals surface area (Å²) in [5.74, 6) is -1.10. The molecule has 1 heterocycles. The molecule has 8 nitrogen and oxygen atoms in total. The van der Waals surface area contributed by atoms with Crippen molar-refractivity contribution in [3.05, 3.63) is 0 Å². The van der Waals surface area contributed by atoms with Gasteiger partial charge in [-0.2, -0.15) is 0 Å². The minimum absolute atomic E-state index is 0.126. The Balaban J connectivity index is 2.68. The maximum absolute atomic E-state index is 11.7. The van der Waals surface area contributed by atoms with Gasteiger partial charge in [0.05, 0.1) is 5.66 Å². The SMILES string of the molecule is CC(C)N(C(N)=NCCC1C(N)(C(=O)O)P1(=O)O)C(C)C. The van der Waals surface area contributed by atoms with Gasteiger partial charge in [-0.25, -0.2) is 4.79 Å². The molecule has 21 heavy (non-hydrogen) atoms. The minimum Gasteiger partial charge on any atom is -0.479 e. The molecule has 0 bridgehead atoms. The van der Waals surface area contributed by atoms with E-state index in [-0.39, 0.29) is 25.0 Å². The molecule has 9 heteroatoms. The highest BCUT2D eigenvalue weighted by Gasteiger charge is 2.77. The highest BCUT2D eigenvalue weighted by Crippen LogP contribution is 2.77. The van der Waals surface area contributed by atoms with Gasteiger partial charge in [0.2, 0.25) is 12.6 Å². The number of aliphatic carboxylic acids is 1. The highest BCUT2D eigenvalue weighted by atomic mass is 31.2. The summed E-state index contributed by atoms with van der Waals surface area (Å²) in [5.41, 5.74) is 10.4. The predicted molar refractivity (Wildman–Crippen MR) is 81.4 cm³/mol. The van der Waals surface area contributed by atoms with E-state index in [9.17, 15) is 14.3 Å². The van der Waals surface area contributed by atoms with Crippen LogP contribution in [0.15, 0.2) is 4.99 Å². The number of carbonyl (C=O) groups is 1. The van der Waals surface area contributed by atoms with Crippen LogP contribution in [0.1, 0.15) is 34.1 Å². The normalized spacial score (nSPS) is 32.6. The van der Waals surface area contributed by atoms with Gasteiger partial charge in [0.1, 0.15) is 0 Å². The minimum atomic E-state index is -3.84. The molecule has 1 rings (SSSR count). The van der Waals surface area contributed by atoms with E-state index in [4.69, 9.17) is 16.6 Å². The number of hydrogen-bond donors (Lipinski definition) is 4. The van der Waals surface area contributed by atoms with E-state index in [1.54, 1.807) is 0 Å². The van der Waals surface area contributed by atoms with Crippen molar-refractivity contribution in [3.8, 4) is 0 Å². The Bertz CT molecular complexity index is 486. The molecule has 0 aromatic heterocycles. The molecule has 0 spiro atoms. The fourth-order valence-corrected chi connectivity index (χ4v) is 4.86. The number of hydrogen-bond acceptors (Lipinski definition) is 4. The van der Waals surface area contributed by atoms with E-state index < -0.39 is 24.3 Å². The first kappa shape index (κ1) is 17.9. The molecule has 1 fully saturated rings. The quantitative estimate of drug-likeness (QED) is 0.311. The molecule has 3 unspecified atom stereocenters. The van der Waals surface area contributed by atoms with E-state index >= 15 is 0 Å². The zero-order chi connectivity index (χ0) is 16.6. The first-order chi connectivity index (χ1) is 9.47. The molecule has 3 atom stereocenters. The maximum Gasteiger partial charge on any atom is 0.334 e. The molecule has 1 aliphatic heterocycles. The molecule has 0 saturated carbocycles. The summed E-state index contributed by atoms with van der Waals surface area (Å²) in [6.07, 6.45) is 0.126. The summed E-state index contributed by atoms with van der Waals surface area (Å²) in [7, 11) is -3.84. The van der Waals surface area contributed by atoms with Gasteiger partial charge in [0.25, 0.3) is 0 Å². The first-order valence-corrected chi connectivity index (χ1v) is 8.63. The molecule has 0 aliphatic carbocycles. The van der Waals surface area contributed by atoms with Crippen molar-refractivity contribution < 1.29 is 19.4 Å². The summed E-state index contributed by atoms with van der Waals surface area (Å²) in [4.78, 5) is 26.7. The van der Waals surface area contributed by atoms with E-state index in [2.05, 4.69) is 4.99 Å².